The molecule has 4 heteroatoms. The quantitative estimate of drug-likeness (QED) is 0.505. The fraction of sp³-hybridized carbons (Fsp3) is 0. The second kappa shape index (κ2) is 4.01. The van der Waals surface area contributed by atoms with Gasteiger partial charge in [0.1, 0.15) is 17.7 Å². The molecule has 1 aromatic rings. The molecule has 82 valence electrons. The molecule has 18 heavy (non-hydrogen) atoms. The minimum Gasteiger partial charge on any atom is -0.289 e. The zero-order valence-electron chi connectivity index (χ0n) is 9.19. The largest absolute Gasteiger partial charge is 0.289 e. The van der Waals surface area contributed by atoms with Crippen molar-refractivity contribution in [3.63, 3.8) is 0 Å². The molecule has 0 saturated carbocycles. The molecule has 0 unspecified atom stereocenters. The van der Waals surface area contributed by atoms with Gasteiger partial charge >= 0.3 is 0 Å². The lowest BCUT2D eigenvalue weighted by molar-refractivity contribution is 0.104. The topological polar surface area (TPSA) is 88.4 Å². The Hall–Kier alpha value is -3.16. The molecule has 1 aromatic carbocycles. The van der Waals surface area contributed by atoms with E-state index in [9.17, 15) is 4.79 Å². The Balaban J connectivity index is 2.83. The van der Waals surface area contributed by atoms with E-state index < -0.39 is 0 Å². The summed E-state index contributed by atoms with van der Waals surface area (Å²) in [6.07, 6.45) is 0. The normalized spacial score (nSPS) is 12.4. The van der Waals surface area contributed by atoms with E-state index in [1.807, 2.05) is 6.07 Å². The summed E-state index contributed by atoms with van der Waals surface area (Å²) in [5, 5.41) is 26.6. The Morgan fingerprint density at radius 1 is 1.11 bits per heavy atom. The molecule has 0 aromatic heterocycles. The molecule has 1 aliphatic carbocycles. The standard InChI is InChI=1S/C14H5N3O/c1-8-13(10(6-16)7-17)11-3-2-9(5-15)4-12(11)14(8)18/h2-4H,1H2. The van der Waals surface area contributed by atoms with Crippen molar-refractivity contribution < 1.29 is 4.79 Å². The van der Waals surface area contributed by atoms with Crippen molar-refractivity contribution in [3.8, 4) is 18.2 Å². The van der Waals surface area contributed by atoms with Crippen LogP contribution in [0.25, 0.3) is 5.57 Å². The maximum Gasteiger partial charge on any atom is 0.193 e. The average molecular weight is 231 g/mol. The van der Waals surface area contributed by atoms with Gasteiger partial charge in [0, 0.05) is 16.7 Å². The number of hydrogen-bond donors (Lipinski definition) is 0. The summed E-state index contributed by atoms with van der Waals surface area (Å²) in [4.78, 5) is 11.9. The van der Waals surface area contributed by atoms with Gasteiger partial charge in [0.25, 0.3) is 0 Å². The van der Waals surface area contributed by atoms with Crippen LogP contribution in [0, 0.1) is 34.0 Å². The predicted molar refractivity (Wildman–Crippen MR) is 62.8 cm³/mol. The number of nitriles is 3. The second-order valence-corrected chi connectivity index (χ2v) is 3.65. The van der Waals surface area contributed by atoms with Crippen LogP contribution < -0.4 is 0 Å². The van der Waals surface area contributed by atoms with Gasteiger partial charge in [-0.2, -0.15) is 15.8 Å². The fourth-order valence-corrected chi connectivity index (χ4v) is 1.88. The molecule has 0 heterocycles. The third-order valence-corrected chi connectivity index (χ3v) is 2.71. The number of ketones is 1. The van der Waals surface area contributed by atoms with E-state index in [-0.39, 0.29) is 22.5 Å². The molecule has 4 nitrogen and oxygen atoms in total. The predicted octanol–water partition coefficient (Wildman–Crippen LogP) is 2.11. The average Bonchev–Trinajstić information content (AvgIpc) is 2.65. The Kier molecular flexibility index (Phi) is 2.53. The van der Waals surface area contributed by atoms with Gasteiger partial charge < -0.3 is 0 Å². The van der Waals surface area contributed by atoms with Crippen LogP contribution >= 0.6 is 0 Å². The molecule has 0 atom stereocenters. The van der Waals surface area contributed by atoms with Gasteiger partial charge in [-0.1, -0.05) is 12.6 Å². The molecule has 1 aliphatic rings. The summed E-state index contributed by atoms with van der Waals surface area (Å²) in [7, 11) is 0. The highest BCUT2D eigenvalue weighted by Gasteiger charge is 2.31. The van der Waals surface area contributed by atoms with Crippen LogP contribution in [0.2, 0.25) is 0 Å². The first kappa shape index (κ1) is 11.3. The van der Waals surface area contributed by atoms with E-state index in [2.05, 4.69) is 6.58 Å². The summed E-state index contributed by atoms with van der Waals surface area (Å²) in [5.41, 5.74) is 1.41. The van der Waals surface area contributed by atoms with E-state index >= 15 is 0 Å². The number of fused-ring (bicyclic) bond motifs is 1. The number of Topliss-reactive ketones (excluding diaryl/α,β-unsaturated/α-hetero) is 1. The van der Waals surface area contributed by atoms with E-state index in [1.54, 1.807) is 18.2 Å². The zero-order valence-corrected chi connectivity index (χ0v) is 9.19. The van der Waals surface area contributed by atoms with Gasteiger partial charge in [0.05, 0.1) is 11.6 Å². The highest BCUT2D eigenvalue weighted by atomic mass is 16.1. The van der Waals surface area contributed by atoms with Crippen LogP contribution in [0.1, 0.15) is 21.5 Å². The van der Waals surface area contributed by atoms with E-state index in [1.165, 1.54) is 12.1 Å². The molecule has 0 saturated heterocycles. The molecule has 0 radical (unpaired) electrons. The minimum atomic E-state index is -0.347. The number of carbonyl (C=O) groups is 1. The number of benzene rings is 1. The fourth-order valence-electron chi connectivity index (χ4n) is 1.88. The number of allylic oxidation sites excluding steroid dienone is 3. The summed E-state index contributed by atoms with van der Waals surface area (Å²) in [5.74, 6) is -0.347. The van der Waals surface area contributed by atoms with Crippen LogP contribution in [-0.2, 0) is 0 Å². The molecule has 0 bridgehead atoms. The summed E-state index contributed by atoms with van der Waals surface area (Å²) < 4.78 is 0. The van der Waals surface area contributed by atoms with Crippen LogP contribution in [0.5, 0.6) is 0 Å². The number of nitrogens with zero attached hydrogens (tertiary/aromatic N) is 3. The van der Waals surface area contributed by atoms with Crippen molar-refractivity contribution >= 4 is 11.4 Å². The maximum atomic E-state index is 11.9. The lowest BCUT2D eigenvalue weighted by Gasteiger charge is -1.99. The van der Waals surface area contributed by atoms with Gasteiger partial charge in [0.2, 0.25) is 0 Å². The first-order valence-electron chi connectivity index (χ1n) is 4.97. The molecule has 2 rings (SSSR count). The van der Waals surface area contributed by atoms with Crippen molar-refractivity contribution in [1.29, 1.82) is 15.8 Å². The molecule has 0 amide bonds. The van der Waals surface area contributed by atoms with Gasteiger partial charge in [0.15, 0.2) is 5.78 Å². The Labute approximate surface area is 103 Å². The van der Waals surface area contributed by atoms with Crippen molar-refractivity contribution in [1.82, 2.24) is 0 Å². The first-order chi connectivity index (χ1) is 8.63. The monoisotopic (exact) mass is 231 g/mol. The Bertz CT molecular complexity index is 733. The highest BCUT2D eigenvalue weighted by Crippen LogP contribution is 2.37. The number of rotatable bonds is 0. The minimum absolute atomic E-state index is 0.123. The summed E-state index contributed by atoms with van der Waals surface area (Å²) in [6.45, 7) is 3.61. The van der Waals surface area contributed by atoms with Crippen molar-refractivity contribution in [2.24, 2.45) is 0 Å². The Morgan fingerprint density at radius 2 is 1.78 bits per heavy atom. The van der Waals surface area contributed by atoms with Crippen molar-refractivity contribution in [3.05, 3.63) is 52.6 Å². The van der Waals surface area contributed by atoms with Crippen LogP contribution in [-0.4, -0.2) is 5.78 Å². The SMILES string of the molecule is C=C1C(=O)c2cc(C#N)ccc2C1=C(C#N)C#N. The maximum absolute atomic E-state index is 11.9. The number of hydrogen-bond acceptors (Lipinski definition) is 4. The van der Waals surface area contributed by atoms with Gasteiger partial charge in [-0.3, -0.25) is 4.79 Å². The smallest absolute Gasteiger partial charge is 0.193 e. The summed E-state index contributed by atoms with van der Waals surface area (Å²) in [6, 6.07) is 9.99. The molecule has 0 spiro atoms. The zero-order chi connectivity index (χ0) is 13.3. The van der Waals surface area contributed by atoms with Gasteiger partial charge in [-0.25, -0.2) is 0 Å². The first-order valence-corrected chi connectivity index (χ1v) is 4.97. The lowest BCUT2D eigenvalue weighted by Crippen LogP contribution is -1.94. The van der Waals surface area contributed by atoms with Gasteiger partial charge in [-0.05, 0) is 17.7 Å². The molecule has 0 fully saturated rings. The van der Waals surface area contributed by atoms with Crippen molar-refractivity contribution in [2.45, 2.75) is 0 Å². The third-order valence-electron chi connectivity index (χ3n) is 2.71. The van der Waals surface area contributed by atoms with Gasteiger partial charge in [-0.15, -0.1) is 0 Å². The summed E-state index contributed by atoms with van der Waals surface area (Å²) >= 11 is 0. The van der Waals surface area contributed by atoms with E-state index in [0.717, 1.165) is 0 Å². The van der Waals surface area contributed by atoms with Crippen LogP contribution in [0.4, 0.5) is 0 Å². The van der Waals surface area contributed by atoms with Crippen LogP contribution in [0.3, 0.4) is 0 Å². The highest BCUT2D eigenvalue weighted by molar-refractivity contribution is 6.27. The number of carbonyl (C=O) groups excluding carboxylic acids is 1. The molecular formula is C14H5N3O. The molecule has 0 aliphatic heterocycles. The molecular weight excluding hydrogens is 226 g/mol. The van der Waals surface area contributed by atoms with E-state index in [0.29, 0.717) is 16.7 Å². The molecule has 0 N–H and O–H groups in total. The van der Waals surface area contributed by atoms with E-state index in [4.69, 9.17) is 15.8 Å². The Morgan fingerprint density at radius 3 is 2.33 bits per heavy atom. The third kappa shape index (κ3) is 1.40. The van der Waals surface area contributed by atoms with Crippen LogP contribution in [0.15, 0.2) is 35.9 Å². The lowest BCUT2D eigenvalue weighted by atomic mass is 10.00. The van der Waals surface area contributed by atoms with Crippen molar-refractivity contribution in [2.75, 3.05) is 0 Å². The second-order valence-electron chi connectivity index (χ2n) is 3.65.